The summed E-state index contributed by atoms with van der Waals surface area (Å²) in [4.78, 5) is 21.9. The molecule has 0 amide bonds. The van der Waals surface area contributed by atoms with Gasteiger partial charge in [-0.1, -0.05) is 12.1 Å². The van der Waals surface area contributed by atoms with Crippen LogP contribution in [0.4, 0.5) is 5.69 Å². The Morgan fingerprint density at radius 2 is 1.76 bits per heavy atom. The van der Waals surface area contributed by atoms with Crippen molar-refractivity contribution in [2.45, 2.75) is 12.8 Å². The Morgan fingerprint density at radius 1 is 1.10 bits per heavy atom. The van der Waals surface area contributed by atoms with E-state index in [1.807, 2.05) is 24.3 Å². The molecule has 2 aromatic rings. The number of benzene rings is 1. The van der Waals surface area contributed by atoms with Gasteiger partial charge in [-0.2, -0.15) is 0 Å². The van der Waals surface area contributed by atoms with Gasteiger partial charge in [-0.05, 0) is 31.0 Å². The third-order valence-electron chi connectivity index (χ3n) is 3.90. The molecule has 0 saturated carbocycles. The molecule has 0 aliphatic carbocycles. The first kappa shape index (κ1) is 13.5. The number of anilines is 1. The molecular formula is C16H17N3O2. The van der Waals surface area contributed by atoms with E-state index in [-0.39, 0.29) is 5.92 Å². The highest BCUT2D eigenvalue weighted by atomic mass is 16.4. The van der Waals surface area contributed by atoms with E-state index < -0.39 is 5.97 Å². The Hall–Kier alpha value is -2.43. The monoisotopic (exact) mass is 283 g/mol. The normalized spacial score (nSPS) is 15.9. The zero-order chi connectivity index (χ0) is 14.7. The zero-order valence-corrected chi connectivity index (χ0v) is 11.6. The third-order valence-corrected chi connectivity index (χ3v) is 3.90. The summed E-state index contributed by atoms with van der Waals surface area (Å²) < 4.78 is 0. The molecule has 3 rings (SSSR count). The van der Waals surface area contributed by atoms with E-state index >= 15 is 0 Å². The summed E-state index contributed by atoms with van der Waals surface area (Å²) in [5.41, 5.74) is 2.07. The first-order valence-corrected chi connectivity index (χ1v) is 7.10. The molecule has 1 aromatic heterocycles. The van der Waals surface area contributed by atoms with Gasteiger partial charge in [0.15, 0.2) is 5.82 Å². The zero-order valence-electron chi connectivity index (χ0n) is 11.6. The van der Waals surface area contributed by atoms with Crippen LogP contribution >= 0.6 is 0 Å². The van der Waals surface area contributed by atoms with Gasteiger partial charge in [-0.25, -0.2) is 9.97 Å². The lowest BCUT2D eigenvalue weighted by atomic mass is 9.96. The van der Waals surface area contributed by atoms with Crippen LogP contribution in [-0.2, 0) is 4.79 Å². The minimum atomic E-state index is -0.686. The highest BCUT2D eigenvalue weighted by Gasteiger charge is 2.25. The summed E-state index contributed by atoms with van der Waals surface area (Å²) in [5, 5.41) is 9.09. The number of rotatable bonds is 3. The summed E-state index contributed by atoms with van der Waals surface area (Å²) in [6.45, 7) is 1.50. The second-order valence-electron chi connectivity index (χ2n) is 5.19. The molecule has 0 radical (unpaired) electrons. The topological polar surface area (TPSA) is 66.3 Å². The maximum absolute atomic E-state index is 11.0. The van der Waals surface area contributed by atoms with Crippen LogP contribution in [-0.4, -0.2) is 34.1 Å². The van der Waals surface area contributed by atoms with Crippen molar-refractivity contribution >= 4 is 11.7 Å². The summed E-state index contributed by atoms with van der Waals surface area (Å²) in [6, 6.07) is 9.81. The van der Waals surface area contributed by atoms with Gasteiger partial charge in [0.05, 0.1) is 5.92 Å². The summed E-state index contributed by atoms with van der Waals surface area (Å²) in [6.07, 6.45) is 4.82. The van der Waals surface area contributed by atoms with Crippen molar-refractivity contribution in [1.82, 2.24) is 9.97 Å². The molecule has 5 heteroatoms. The molecular weight excluding hydrogens is 266 g/mol. The molecule has 1 fully saturated rings. The minimum absolute atomic E-state index is 0.221. The van der Waals surface area contributed by atoms with Crippen molar-refractivity contribution in [2.24, 2.45) is 5.92 Å². The molecule has 0 unspecified atom stereocenters. The average molecular weight is 283 g/mol. The number of carboxylic acids is 1. The third kappa shape index (κ3) is 2.86. The van der Waals surface area contributed by atoms with Crippen molar-refractivity contribution in [3.63, 3.8) is 0 Å². The molecule has 5 nitrogen and oxygen atoms in total. The predicted molar refractivity (Wildman–Crippen MR) is 80.0 cm³/mol. The minimum Gasteiger partial charge on any atom is -0.481 e. The number of carbonyl (C=O) groups is 1. The van der Waals surface area contributed by atoms with Crippen LogP contribution in [0.5, 0.6) is 0 Å². The van der Waals surface area contributed by atoms with Crippen molar-refractivity contribution in [3.8, 4) is 11.4 Å². The number of carboxylic acid groups (broad SMARTS) is 1. The fraction of sp³-hybridized carbons (Fsp3) is 0.312. The van der Waals surface area contributed by atoms with Crippen LogP contribution < -0.4 is 4.90 Å². The number of aliphatic carboxylic acids is 1. The summed E-state index contributed by atoms with van der Waals surface area (Å²) in [5.74, 6) is -0.204. The van der Waals surface area contributed by atoms with Crippen LogP contribution in [0.3, 0.4) is 0 Å². The Bertz CT molecular complexity index is 622. The van der Waals surface area contributed by atoms with E-state index in [0.29, 0.717) is 18.7 Å². The largest absolute Gasteiger partial charge is 0.481 e. The predicted octanol–water partition coefficient (Wildman–Crippen LogP) is 2.44. The van der Waals surface area contributed by atoms with Gasteiger partial charge in [0.25, 0.3) is 0 Å². The van der Waals surface area contributed by atoms with Crippen LogP contribution in [0.2, 0.25) is 0 Å². The molecule has 0 spiro atoms. The van der Waals surface area contributed by atoms with Crippen LogP contribution in [0.15, 0.2) is 42.7 Å². The molecule has 1 aromatic carbocycles. The van der Waals surface area contributed by atoms with Crippen LogP contribution in [0.25, 0.3) is 11.4 Å². The lowest BCUT2D eigenvalue weighted by Crippen LogP contribution is -2.36. The lowest BCUT2D eigenvalue weighted by molar-refractivity contribution is -0.142. The molecule has 1 aliphatic rings. The van der Waals surface area contributed by atoms with Gasteiger partial charge in [0.2, 0.25) is 0 Å². The van der Waals surface area contributed by atoms with E-state index in [4.69, 9.17) is 5.11 Å². The van der Waals surface area contributed by atoms with E-state index in [9.17, 15) is 4.79 Å². The highest BCUT2D eigenvalue weighted by molar-refractivity contribution is 5.75. The fourth-order valence-corrected chi connectivity index (χ4v) is 2.74. The molecule has 0 atom stereocenters. The van der Waals surface area contributed by atoms with Crippen molar-refractivity contribution in [3.05, 3.63) is 42.7 Å². The smallest absolute Gasteiger partial charge is 0.306 e. The van der Waals surface area contributed by atoms with Crippen LogP contribution in [0, 0.1) is 5.92 Å². The van der Waals surface area contributed by atoms with E-state index in [1.54, 1.807) is 18.5 Å². The van der Waals surface area contributed by atoms with Gasteiger partial charge >= 0.3 is 5.97 Å². The number of para-hydroxylation sites is 1. The number of piperidine rings is 1. The van der Waals surface area contributed by atoms with E-state index in [2.05, 4.69) is 14.9 Å². The number of aromatic nitrogens is 2. The molecule has 2 heterocycles. The standard InChI is InChI=1S/C16H17N3O2/c20-16(21)12-6-10-19(11-7-12)14-5-2-1-4-13(14)15-17-8-3-9-18-15/h1-5,8-9,12H,6-7,10-11H2,(H,20,21). The van der Waals surface area contributed by atoms with Gasteiger partial charge in [0.1, 0.15) is 0 Å². The summed E-state index contributed by atoms with van der Waals surface area (Å²) >= 11 is 0. The number of hydrogen-bond donors (Lipinski definition) is 1. The fourth-order valence-electron chi connectivity index (χ4n) is 2.74. The molecule has 1 saturated heterocycles. The maximum Gasteiger partial charge on any atom is 0.306 e. The van der Waals surface area contributed by atoms with Gasteiger partial charge in [-0.15, -0.1) is 0 Å². The Labute approximate surface area is 123 Å². The van der Waals surface area contributed by atoms with E-state index in [1.165, 1.54) is 0 Å². The van der Waals surface area contributed by atoms with Gasteiger partial charge in [-0.3, -0.25) is 4.79 Å². The molecule has 108 valence electrons. The quantitative estimate of drug-likeness (QED) is 0.937. The first-order chi connectivity index (χ1) is 10.3. The molecule has 21 heavy (non-hydrogen) atoms. The lowest BCUT2D eigenvalue weighted by Gasteiger charge is -2.33. The average Bonchev–Trinajstić information content (AvgIpc) is 2.56. The Morgan fingerprint density at radius 3 is 2.43 bits per heavy atom. The Balaban J connectivity index is 1.85. The van der Waals surface area contributed by atoms with E-state index in [0.717, 1.165) is 24.3 Å². The second kappa shape index (κ2) is 5.91. The molecule has 1 N–H and O–H groups in total. The van der Waals surface area contributed by atoms with Crippen molar-refractivity contribution in [1.29, 1.82) is 0 Å². The van der Waals surface area contributed by atoms with Crippen molar-refractivity contribution in [2.75, 3.05) is 18.0 Å². The van der Waals surface area contributed by atoms with Crippen LogP contribution in [0.1, 0.15) is 12.8 Å². The van der Waals surface area contributed by atoms with Gasteiger partial charge in [0, 0.05) is 36.7 Å². The number of nitrogens with zero attached hydrogens (tertiary/aromatic N) is 3. The SMILES string of the molecule is O=C(O)C1CCN(c2ccccc2-c2ncccn2)CC1. The van der Waals surface area contributed by atoms with Gasteiger partial charge < -0.3 is 10.0 Å². The van der Waals surface area contributed by atoms with Crippen molar-refractivity contribution < 1.29 is 9.90 Å². The summed E-state index contributed by atoms with van der Waals surface area (Å²) in [7, 11) is 0. The molecule has 1 aliphatic heterocycles. The number of hydrogen-bond acceptors (Lipinski definition) is 4. The second-order valence-corrected chi connectivity index (χ2v) is 5.19. The first-order valence-electron chi connectivity index (χ1n) is 7.10. The molecule has 0 bridgehead atoms. The Kier molecular flexibility index (Phi) is 3.81. The highest BCUT2D eigenvalue weighted by Crippen LogP contribution is 2.31. The maximum atomic E-state index is 11.0.